The van der Waals surface area contributed by atoms with Crippen molar-refractivity contribution in [2.45, 2.75) is 45.1 Å². The third-order valence-electron chi connectivity index (χ3n) is 3.61. The summed E-state index contributed by atoms with van der Waals surface area (Å²) in [6.45, 7) is 2.62. The molecule has 0 aromatic heterocycles. The smallest absolute Gasteiger partial charge is 0.326 e. The summed E-state index contributed by atoms with van der Waals surface area (Å²) >= 11 is 0. The van der Waals surface area contributed by atoms with Gasteiger partial charge in [-0.3, -0.25) is 4.79 Å². The highest BCUT2D eigenvalue weighted by molar-refractivity contribution is 5.83. The number of carbonyl (C=O) groups excluding carboxylic acids is 2. The van der Waals surface area contributed by atoms with Crippen LogP contribution in [0, 0.1) is 5.41 Å². The van der Waals surface area contributed by atoms with E-state index in [1.165, 1.54) is 0 Å². The van der Waals surface area contributed by atoms with E-state index in [0.717, 1.165) is 19.3 Å². The summed E-state index contributed by atoms with van der Waals surface area (Å²) in [6, 6.07) is -1.61. The molecule has 1 saturated carbocycles. The predicted molar refractivity (Wildman–Crippen MR) is 68.3 cm³/mol. The number of nitrogens with one attached hydrogen (secondary N) is 2. The van der Waals surface area contributed by atoms with E-state index in [1.807, 2.05) is 0 Å². The molecule has 5 N–H and O–H groups in total. The third kappa shape index (κ3) is 5.15. The van der Waals surface area contributed by atoms with Gasteiger partial charge < -0.3 is 21.5 Å². The first-order valence-electron chi connectivity index (χ1n) is 6.44. The van der Waals surface area contributed by atoms with Crippen molar-refractivity contribution in [3.8, 4) is 0 Å². The van der Waals surface area contributed by atoms with Gasteiger partial charge in [-0.2, -0.15) is 0 Å². The zero-order valence-corrected chi connectivity index (χ0v) is 11.1. The Morgan fingerprint density at radius 2 is 2.00 bits per heavy atom. The van der Waals surface area contributed by atoms with Crippen LogP contribution in [0.3, 0.4) is 0 Å². The number of primary amides is 1. The average molecular weight is 271 g/mol. The molecule has 1 atom stereocenters. The SMILES string of the molecule is CCC1(CNC(=O)N[C@@H](CCC(N)=O)C(=O)O)CC1. The summed E-state index contributed by atoms with van der Waals surface area (Å²) in [4.78, 5) is 33.1. The monoisotopic (exact) mass is 271 g/mol. The number of urea groups is 1. The van der Waals surface area contributed by atoms with Gasteiger partial charge in [0.05, 0.1) is 0 Å². The molecule has 1 aliphatic rings. The van der Waals surface area contributed by atoms with Gasteiger partial charge in [-0.05, 0) is 31.1 Å². The van der Waals surface area contributed by atoms with Gasteiger partial charge in [0, 0.05) is 13.0 Å². The normalized spacial score (nSPS) is 17.3. The molecule has 0 radical (unpaired) electrons. The minimum atomic E-state index is -1.17. The molecule has 0 saturated heterocycles. The zero-order chi connectivity index (χ0) is 14.5. The summed E-state index contributed by atoms with van der Waals surface area (Å²) in [5, 5.41) is 13.9. The first-order valence-corrected chi connectivity index (χ1v) is 6.44. The van der Waals surface area contributed by atoms with Crippen molar-refractivity contribution in [2.75, 3.05) is 6.54 Å². The molecule has 19 heavy (non-hydrogen) atoms. The largest absolute Gasteiger partial charge is 0.480 e. The first-order chi connectivity index (χ1) is 8.88. The first kappa shape index (κ1) is 15.3. The lowest BCUT2D eigenvalue weighted by atomic mass is 10.0. The lowest BCUT2D eigenvalue weighted by Gasteiger charge is -2.17. The van der Waals surface area contributed by atoms with Crippen molar-refractivity contribution in [3.05, 3.63) is 0 Å². The fraction of sp³-hybridized carbons (Fsp3) is 0.750. The van der Waals surface area contributed by atoms with E-state index < -0.39 is 23.9 Å². The van der Waals surface area contributed by atoms with Crippen molar-refractivity contribution >= 4 is 17.9 Å². The lowest BCUT2D eigenvalue weighted by molar-refractivity contribution is -0.139. The highest BCUT2D eigenvalue weighted by atomic mass is 16.4. The van der Waals surface area contributed by atoms with Gasteiger partial charge in [0.15, 0.2) is 0 Å². The Morgan fingerprint density at radius 3 is 2.42 bits per heavy atom. The minimum absolute atomic E-state index is 0.00297. The summed E-state index contributed by atoms with van der Waals surface area (Å²) in [7, 11) is 0. The second-order valence-corrected chi connectivity index (χ2v) is 5.08. The molecule has 0 heterocycles. The predicted octanol–water partition coefficient (Wildman–Crippen LogP) is 0.195. The molecule has 1 fully saturated rings. The maximum atomic E-state index is 11.6. The molecular formula is C12H21N3O4. The van der Waals surface area contributed by atoms with Gasteiger partial charge >= 0.3 is 12.0 Å². The average Bonchev–Trinajstić information content (AvgIpc) is 3.12. The molecule has 0 bridgehead atoms. The molecule has 1 rings (SSSR count). The zero-order valence-electron chi connectivity index (χ0n) is 11.1. The van der Waals surface area contributed by atoms with Crippen LogP contribution in [0.1, 0.15) is 39.0 Å². The van der Waals surface area contributed by atoms with Crippen LogP contribution in [-0.4, -0.2) is 35.6 Å². The van der Waals surface area contributed by atoms with Crippen molar-refractivity contribution in [1.29, 1.82) is 0 Å². The Labute approximate surface area is 111 Å². The van der Waals surface area contributed by atoms with E-state index in [2.05, 4.69) is 17.6 Å². The van der Waals surface area contributed by atoms with Crippen molar-refractivity contribution in [1.82, 2.24) is 10.6 Å². The molecule has 3 amide bonds. The quantitative estimate of drug-likeness (QED) is 0.503. The Hall–Kier alpha value is -1.79. The molecule has 108 valence electrons. The third-order valence-corrected chi connectivity index (χ3v) is 3.61. The summed E-state index contributed by atoms with van der Waals surface area (Å²) in [5.74, 6) is -1.76. The van der Waals surface area contributed by atoms with Crippen molar-refractivity contribution in [3.63, 3.8) is 0 Å². The van der Waals surface area contributed by atoms with E-state index in [9.17, 15) is 14.4 Å². The lowest BCUT2D eigenvalue weighted by Crippen LogP contribution is -2.47. The summed E-state index contributed by atoms with van der Waals surface area (Å²) < 4.78 is 0. The molecule has 0 aromatic carbocycles. The van der Waals surface area contributed by atoms with Crippen LogP contribution < -0.4 is 16.4 Å². The number of carboxylic acid groups (broad SMARTS) is 1. The molecule has 7 heteroatoms. The van der Waals surface area contributed by atoms with Gasteiger partial charge in [-0.15, -0.1) is 0 Å². The molecule has 0 unspecified atom stereocenters. The number of amides is 3. The highest BCUT2D eigenvalue weighted by Gasteiger charge is 2.40. The minimum Gasteiger partial charge on any atom is -0.480 e. The van der Waals surface area contributed by atoms with Gasteiger partial charge in [0.2, 0.25) is 5.91 Å². The van der Waals surface area contributed by atoms with Crippen LogP contribution in [0.25, 0.3) is 0 Å². The van der Waals surface area contributed by atoms with E-state index in [-0.39, 0.29) is 18.3 Å². The van der Waals surface area contributed by atoms with Crippen LogP contribution in [-0.2, 0) is 9.59 Å². The second-order valence-electron chi connectivity index (χ2n) is 5.08. The molecule has 0 aromatic rings. The Balaban J connectivity index is 2.34. The Kier molecular flexibility index (Phi) is 5.14. The molecule has 7 nitrogen and oxygen atoms in total. The van der Waals surface area contributed by atoms with Gasteiger partial charge in [-0.25, -0.2) is 9.59 Å². The number of nitrogens with two attached hydrogens (primary N) is 1. The van der Waals surface area contributed by atoms with Crippen LogP contribution in [0.4, 0.5) is 4.79 Å². The maximum Gasteiger partial charge on any atom is 0.326 e. The molecule has 1 aliphatic carbocycles. The van der Waals surface area contributed by atoms with Crippen LogP contribution >= 0.6 is 0 Å². The fourth-order valence-corrected chi connectivity index (χ4v) is 1.85. The number of carbonyl (C=O) groups is 3. The maximum absolute atomic E-state index is 11.6. The second kappa shape index (κ2) is 6.40. The van der Waals surface area contributed by atoms with Gasteiger partial charge in [0.1, 0.15) is 6.04 Å². The van der Waals surface area contributed by atoms with E-state index in [1.54, 1.807) is 0 Å². The standard InChI is InChI=1S/C12H21N3O4/c1-2-12(5-6-12)7-14-11(19)15-8(10(17)18)3-4-9(13)16/h8H,2-7H2,1H3,(H2,13,16)(H,17,18)(H2,14,15,19)/t8-/m0/s1. The van der Waals surface area contributed by atoms with Crippen molar-refractivity contribution in [2.24, 2.45) is 11.1 Å². The van der Waals surface area contributed by atoms with Crippen LogP contribution in [0.15, 0.2) is 0 Å². The Morgan fingerprint density at radius 1 is 1.37 bits per heavy atom. The number of hydrogen-bond donors (Lipinski definition) is 4. The Bertz CT molecular complexity index is 366. The molecule has 0 spiro atoms. The highest BCUT2D eigenvalue weighted by Crippen LogP contribution is 2.47. The van der Waals surface area contributed by atoms with Gasteiger partial charge in [-0.1, -0.05) is 6.92 Å². The number of aliphatic carboxylic acids is 1. The van der Waals surface area contributed by atoms with E-state index in [4.69, 9.17) is 10.8 Å². The number of rotatable bonds is 8. The fourth-order valence-electron chi connectivity index (χ4n) is 1.85. The van der Waals surface area contributed by atoms with Crippen LogP contribution in [0.2, 0.25) is 0 Å². The number of hydrogen-bond acceptors (Lipinski definition) is 3. The molecule has 0 aliphatic heterocycles. The van der Waals surface area contributed by atoms with Crippen molar-refractivity contribution < 1.29 is 19.5 Å². The van der Waals surface area contributed by atoms with E-state index in [0.29, 0.717) is 6.54 Å². The number of carboxylic acids is 1. The topological polar surface area (TPSA) is 122 Å². The van der Waals surface area contributed by atoms with Crippen LogP contribution in [0.5, 0.6) is 0 Å². The van der Waals surface area contributed by atoms with Gasteiger partial charge in [0.25, 0.3) is 0 Å². The summed E-state index contributed by atoms with van der Waals surface area (Å²) in [6.07, 6.45) is 3.10. The van der Waals surface area contributed by atoms with E-state index >= 15 is 0 Å². The molecular weight excluding hydrogens is 250 g/mol. The summed E-state index contributed by atoms with van der Waals surface area (Å²) in [5.41, 5.74) is 5.15.